The van der Waals surface area contributed by atoms with Crippen molar-refractivity contribution in [3.8, 4) is 11.1 Å². The summed E-state index contributed by atoms with van der Waals surface area (Å²) in [5, 5.41) is 0. The highest BCUT2D eigenvalue weighted by molar-refractivity contribution is 5.94. The van der Waals surface area contributed by atoms with Gasteiger partial charge in [0.1, 0.15) is 11.9 Å². The number of nitrogens with zero attached hydrogens (tertiary/aromatic N) is 4. The number of carbonyl (C=O) groups excluding carboxylic acids is 2. The van der Waals surface area contributed by atoms with Gasteiger partial charge < -0.3 is 9.64 Å². The maximum absolute atomic E-state index is 13.2. The van der Waals surface area contributed by atoms with Crippen LogP contribution in [0.25, 0.3) is 11.1 Å². The summed E-state index contributed by atoms with van der Waals surface area (Å²) in [5.41, 5.74) is 4.33. The van der Waals surface area contributed by atoms with E-state index < -0.39 is 6.10 Å². The Kier molecular flexibility index (Phi) is 5.39. The summed E-state index contributed by atoms with van der Waals surface area (Å²) in [4.78, 5) is 40.4. The fourth-order valence-corrected chi connectivity index (χ4v) is 4.64. The van der Waals surface area contributed by atoms with Crippen LogP contribution in [0.5, 0.6) is 0 Å². The number of amides is 1. The number of aromatic nitrogens is 3. The number of hydrogen-bond donors (Lipinski definition) is 0. The van der Waals surface area contributed by atoms with Crippen molar-refractivity contribution in [2.75, 3.05) is 13.1 Å². The molecule has 2 aliphatic heterocycles. The first kappa shape index (κ1) is 20.3. The highest BCUT2D eigenvalue weighted by Crippen LogP contribution is 2.36. The topological polar surface area (TPSA) is 85.3 Å². The molecule has 0 aliphatic carbocycles. The van der Waals surface area contributed by atoms with E-state index in [2.05, 4.69) is 9.97 Å². The minimum absolute atomic E-state index is 0.000409. The number of piperidine rings is 1. The monoisotopic (exact) mass is 428 g/mol. The van der Waals surface area contributed by atoms with Crippen LogP contribution < -0.4 is 0 Å². The predicted octanol–water partition coefficient (Wildman–Crippen LogP) is 3.85. The van der Waals surface area contributed by atoms with Crippen LogP contribution in [0.4, 0.5) is 0 Å². The molecule has 1 fully saturated rings. The van der Waals surface area contributed by atoms with E-state index in [4.69, 9.17) is 9.72 Å². The predicted molar refractivity (Wildman–Crippen MR) is 118 cm³/mol. The molecule has 0 spiro atoms. The van der Waals surface area contributed by atoms with Gasteiger partial charge in [-0.1, -0.05) is 18.2 Å². The summed E-state index contributed by atoms with van der Waals surface area (Å²) in [6.07, 6.45) is 6.89. The van der Waals surface area contributed by atoms with Crippen LogP contribution in [0.1, 0.15) is 58.7 Å². The van der Waals surface area contributed by atoms with Crippen molar-refractivity contribution >= 4 is 11.9 Å². The molecule has 0 unspecified atom stereocenters. The lowest BCUT2D eigenvalue weighted by Gasteiger charge is -2.34. The van der Waals surface area contributed by atoms with Gasteiger partial charge in [0.25, 0.3) is 0 Å². The number of likely N-dealkylation sites (tertiary alicyclic amines) is 1. The fourth-order valence-electron chi connectivity index (χ4n) is 4.64. The number of carbonyl (C=O) groups is 2. The molecule has 2 atom stereocenters. The van der Waals surface area contributed by atoms with E-state index in [1.54, 1.807) is 18.5 Å². The van der Waals surface area contributed by atoms with Gasteiger partial charge >= 0.3 is 5.97 Å². The SMILES string of the molecule is Cc1ncc(-c2ccncc2)c([C@H]2CCCN(C(=O)C[C@H]3OC(=O)c4ccccc43)C2)n1. The standard InChI is InChI=1S/C25H24N4O3/c1-16-27-14-21(17-8-10-26-11-9-17)24(28-16)18-5-4-12-29(15-18)23(30)13-22-19-6-2-3-7-20(19)25(31)32-22/h2-3,6-11,14,18,22H,4-5,12-13,15H2,1H3/t18-,22+/m0/s1. The molecule has 2 aliphatic rings. The molecule has 7 nitrogen and oxygen atoms in total. The number of benzene rings is 1. The molecule has 1 amide bonds. The highest BCUT2D eigenvalue weighted by atomic mass is 16.5. The van der Waals surface area contributed by atoms with Crippen molar-refractivity contribution in [3.05, 3.63) is 77.6 Å². The van der Waals surface area contributed by atoms with E-state index >= 15 is 0 Å². The molecule has 1 aromatic carbocycles. The second-order valence-corrected chi connectivity index (χ2v) is 8.32. The Morgan fingerprint density at radius 2 is 1.97 bits per heavy atom. The molecule has 162 valence electrons. The molecular weight excluding hydrogens is 404 g/mol. The Balaban J connectivity index is 1.35. The van der Waals surface area contributed by atoms with E-state index in [0.29, 0.717) is 18.7 Å². The number of fused-ring (bicyclic) bond motifs is 1. The fraction of sp³-hybridized carbons (Fsp3) is 0.320. The minimum Gasteiger partial charge on any atom is -0.453 e. The molecule has 0 saturated carbocycles. The number of ether oxygens (including phenoxy) is 1. The maximum Gasteiger partial charge on any atom is 0.339 e. The first-order chi connectivity index (χ1) is 15.6. The summed E-state index contributed by atoms with van der Waals surface area (Å²) >= 11 is 0. The van der Waals surface area contributed by atoms with Gasteiger partial charge in [0, 0.05) is 48.7 Å². The lowest BCUT2D eigenvalue weighted by molar-refractivity contribution is -0.134. The van der Waals surface area contributed by atoms with Crippen molar-refractivity contribution in [1.29, 1.82) is 0 Å². The Labute approximate surface area is 186 Å². The molecule has 1 saturated heterocycles. The molecular formula is C25H24N4O3. The molecule has 2 aromatic heterocycles. The molecule has 0 bridgehead atoms. The Hall–Kier alpha value is -3.61. The van der Waals surface area contributed by atoms with Crippen molar-refractivity contribution in [3.63, 3.8) is 0 Å². The summed E-state index contributed by atoms with van der Waals surface area (Å²) in [6, 6.07) is 11.2. The van der Waals surface area contributed by atoms with Gasteiger partial charge in [-0.15, -0.1) is 0 Å². The quantitative estimate of drug-likeness (QED) is 0.587. The molecule has 4 heterocycles. The number of hydrogen-bond acceptors (Lipinski definition) is 6. The molecule has 0 radical (unpaired) electrons. The number of cyclic esters (lactones) is 1. The molecule has 3 aromatic rings. The number of aryl methyl sites for hydroxylation is 1. The lowest BCUT2D eigenvalue weighted by atomic mass is 9.89. The second-order valence-electron chi connectivity index (χ2n) is 8.32. The van der Waals surface area contributed by atoms with Crippen molar-refractivity contribution in [1.82, 2.24) is 19.9 Å². The number of esters is 1. The minimum atomic E-state index is -0.514. The molecule has 5 rings (SSSR count). The van der Waals surface area contributed by atoms with E-state index in [-0.39, 0.29) is 24.2 Å². The Morgan fingerprint density at radius 3 is 2.81 bits per heavy atom. The Bertz CT molecular complexity index is 1160. The third-order valence-electron chi connectivity index (χ3n) is 6.23. The van der Waals surface area contributed by atoms with E-state index in [0.717, 1.165) is 41.1 Å². The average molecular weight is 428 g/mol. The van der Waals surface area contributed by atoms with Gasteiger partial charge in [-0.2, -0.15) is 0 Å². The van der Waals surface area contributed by atoms with E-state index in [1.807, 2.05) is 48.4 Å². The average Bonchev–Trinajstić information content (AvgIpc) is 3.15. The first-order valence-corrected chi connectivity index (χ1v) is 10.9. The summed E-state index contributed by atoms with van der Waals surface area (Å²) in [5.74, 6) is 0.487. The van der Waals surface area contributed by atoms with Crippen LogP contribution in [0.15, 0.2) is 55.0 Å². The van der Waals surface area contributed by atoms with Gasteiger partial charge in [0.15, 0.2) is 0 Å². The number of rotatable bonds is 4. The smallest absolute Gasteiger partial charge is 0.339 e. The molecule has 7 heteroatoms. The largest absolute Gasteiger partial charge is 0.453 e. The van der Waals surface area contributed by atoms with Crippen LogP contribution in [-0.4, -0.2) is 44.8 Å². The van der Waals surface area contributed by atoms with E-state index in [9.17, 15) is 9.59 Å². The van der Waals surface area contributed by atoms with Crippen molar-refractivity contribution < 1.29 is 14.3 Å². The lowest BCUT2D eigenvalue weighted by Crippen LogP contribution is -2.40. The van der Waals surface area contributed by atoms with Gasteiger partial charge in [0.05, 0.1) is 17.7 Å². The van der Waals surface area contributed by atoms with Gasteiger partial charge in [-0.05, 0) is 43.5 Å². The van der Waals surface area contributed by atoms with Gasteiger partial charge in [-0.3, -0.25) is 9.78 Å². The van der Waals surface area contributed by atoms with Crippen LogP contribution in [0, 0.1) is 6.92 Å². The van der Waals surface area contributed by atoms with Gasteiger partial charge in [-0.25, -0.2) is 14.8 Å². The third kappa shape index (κ3) is 3.86. The molecule has 32 heavy (non-hydrogen) atoms. The van der Waals surface area contributed by atoms with E-state index in [1.165, 1.54) is 0 Å². The van der Waals surface area contributed by atoms with Crippen LogP contribution >= 0.6 is 0 Å². The molecule has 0 N–H and O–H groups in total. The van der Waals surface area contributed by atoms with Crippen molar-refractivity contribution in [2.45, 2.75) is 38.2 Å². The maximum atomic E-state index is 13.2. The summed E-state index contributed by atoms with van der Waals surface area (Å²) in [6.45, 7) is 3.18. The van der Waals surface area contributed by atoms with Crippen LogP contribution in [-0.2, 0) is 9.53 Å². The summed E-state index contributed by atoms with van der Waals surface area (Å²) in [7, 11) is 0. The van der Waals surface area contributed by atoms with Crippen LogP contribution in [0.3, 0.4) is 0 Å². The zero-order valence-electron chi connectivity index (χ0n) is 17.9. The Morgan fingerprint density at radius 1 is 1.16 bits per heavy atom. The van der Waals surface area contributed by atoms with Crippen LogP contribution in [0.2, 0.25) is 0 Å². The summed E-state index contributed by atoms with van der Waals surface area (Å²) < 4.78 is 5.48. The zero-order chi connectivity index (χ0) is 22.1. The number of pyridine rings is 1. The highest BCUT2D eigenvalue weighted by Gasteiger charge is 2.35. The normalized spacial score (nSPS) is 20.0. The zero-order valence-corrected chi connectivity index (χ0v) is 17.9. The first-order valence-electron chi connectivity index (χ1n) is 10.9. The van der Waals surface area contributed by atoms with Gasteiger partial charge in [0.2, 0.25) is 5.91 Å². The second kappa shape index (κ2) is 8.49. The van der Waals surface area contributed by atoms with Crippen molar-refractivity contribution in [2.24, 2.45) is 0 Å². The third-order valence-corrected chi connectivity index (χ3v) is 6.23.